The summed E-state index contributed by atoms with van der Waals surface area (Å²) >= 11 is 0. The highest BCUT2D eigenvalue weighted by Gasteiger charge is 2.44. The van der Waals surface area contributed by atoms with E-state index in [4.69, 9.17) is 15.2 Å². The van der Waals surface area contributed by atoms with E-state index in [1.165, 1.54) is 12.8 Å². The normalized spacial score (nSPS) is 28.7. The average Bonchev–Trinajstić information content (AvgIpc) is 2.96. The Balaban J connectivity index is 1.87. The Morgan fingerprint density at radius 1 is 1.24 bits per heavy atom. The highest BCUT2D eigenvalue weighted by atomic mass is 16.5. The molecule has 0 aliphatic heterocycles. The van der Waals surface area contributed by atoms with Crippen LogP contribution < -0.4 is 15.2 Å². The average molecular weight is 286 g/mol. The number of ether oxygens (including phenoxy) is 2. The monoisotopic (exact) mass is 286 g/mol. The zero-order valence-corrected chi connectivity index (χ0v) is 12.5. The quantitative estimate of drug-likeness (QED) is 0.924. The van der Waals surface area contributed by atoms with Crippen molar-refractivity contribution in [2.24, 2.45) is 5.73 Å². The highest BCUT2D eigenvalue weighted by molar-refractivity contribution is 5.48. The third kappa shape index (κ3) is 2.58. The lowest BCUT2D eigenvalue weighted by Gasteiger charge is -2.41. The van der Waals surface area contributed by atoms with E-state index in [9.17, 15) is 5.26 Å². The molecule has 2 aliphatic rings. The SMILES string of the molecule is COc1ccc([C@]2(C#N)C[C@@H](N)C2)cc1OC1CCCC1. The first kappa shape index (κ1) is 14.2. The Morgan fingerprint density at radius 2 is 1.95 bits per heavy atom. The number of rotatable bonds is 4. The minimum atomic E-state index is -0.445. The van der Waals surface area contributed by atoms with Crippen LogP contribution >= 0.6 is 0 Å². The van der Waals surface area contributed by atoms with Gasteiger partial charge in [-0.15, -0.1) is 0 Å². The summed E-state index contributed by atoms with van der Waals surface area (Å²) in [6.07, 6.45) is 6.37. The molecule has 3 rings (SSSR count). The van der Waals surface area contributed by atoms with Crippen LogP contribution in [0.1, 0.15) is 44.1 Å². The van der Waals surface area contributed by atoms with Crippen molar-refractivity contribution in [3.05, 3.63) is 23.8 Å². The first-order valence-electron chi connectivity index (χ1n) is 7.69. The molecule has 2 N–H and O–H groups in total. The molecule has 2 fully saturated rings. The maximum atomic E-state index is 9.53. The second kappa shape index (κ2) is 5.57. The number of hydrogen-bond acceptors (Lipinski definition) is 4. The Morgan fingerprint density at radius 3 is 2.52 bits per heavy atom. The topological polar surface area (TPSA) is 68.3 Å². The van der Waals surface area contributed by atoms with Gasteiger partial charge in [0.25, 0.3) is 0 Å². The number of benzene rings is 1. The van der Waals surface area contributed by atoms with Crippen molar-refractivity contribution >= 4 is 0 Å². The number of nitrogens with zero attached hydrogens (tertiary/aromatic N) is 1. The second-order valence-electron chi connectivity index (χ2n) is 6.25. The number of hydrogen-bond donors (Lipinski definition) is 1. The summed E-state index contributed by atoms with van der Waals surface area (Å²) in [6, 6.07) is 8.43. The molecule has 1 aromatic carbocycles. The van der Waals surface area contributed by atoms with Gasteiger partial charge in [-0.3, -0.25) is 0 Å². The molecule has 4 heteroatoms. The van der Waals surface area contributed by atoms with E-state index in [0.717, 1.165) is 42.7 Å². The predicted octanol–water partition coefficient (Wildman–Crippen LogP) is 2.90. The van der Waals surface area contributed by atoms with Crippen molar-refractivity contribution in [3.8, 4) is 17.6 Å². The molecule has 112 valence electrons. The van der Waals surface area contributed by atoms with Gasteiger partial charge in [0.1, 0.15) is 0 Å². The first-order chi connectivity index (χ1) is 10.2. The molecule has 0 atom stereocenters. The van der Waals surface area contributed by atoms with E-state index in [0.29, 0.717) is 0 Å². The summed E-state index contributed by atoms with van der Waals surface area (Å²) < 4.78 is 11.5. The van der Waals surface area contributed by atoms with Crippen LogP contribution in [0.3, 0.4) is 0 Å². The highest BCUT2D eigenvalue weighted by Crippen LogP contribution is 2.45. The van der Waals surface area contributed by atoms with Crippen LogP contribution in [-0.2, 0) is 5.41 Å². The number of nitrogens with two attached hydrogens (primary N) is 1. The van der Waals surface area contributed by atoms with E-state index in [-0.39, 0.29) is 12.1 Å². The fraction of sp³-hybridized carbons (Fsp3) is 0.588. The van der Waals surface area contributed by atoms with E-state index in [1.807, 2.05) is 18.2 Å². The molecule has 0 heterocycles. The van der Waals surface area contributed by atoms with Gasteiger partial charge in [0.05, 0.1) is 24.7 Å². The maximum Gasteiger partial charge on any atom is 0.161 e. The zero-order valence-electron chi connectivity index (χ0n) is 12.5. The van der Waals surface area contributed by atoms with Gasteiger partial charge in [-0.25, -0.2) is 0 Å². The molecule has 2 saturated carbocycles. The third-order valence-corrected chi connectivity index (χ3v) is 4.75. The van der Waals surface area contributed by atoms with Crippen molar-refractivity contribution in [1.82, 2.24) is 0 Å². The van der Waals surface area contributed by atoms with E-state index in [1.54, 1.807) is 7.11 Å². The molecule has 0 saturated heterocycles. The van der Waals surface area contributed by atoms with E-state index < -0.39 is 5.41 Å². The van der Waals surface area contributed by atoms with Crippen LogP contribution in [0.2, 0.25) is 0 Å². The van der Waals surface area contributed by atoms with Crippen LogP contribution in [0.5, 0.6) is 11.5 Å². The summed E-state index contributed by atoms with van der Waals surface area (Å²) in [6.45, 7) is 0. The minimum Gasteiger partial charge on any atom is -0.493 e. The molecule has 0 bridgehead atoms. The molecule has 2 aliphatic carbocycles. The largest absolute Gasteiger partial charge is 0.493 e. The Bertz CT molecular complexity index is 552. The molecule has 0 radical (unpaired) electrons. The van der Waals surface area contributed by atoms with Crippen LogP contribution in [-0.4, -0.2) is 19.3 Å². The Kier molecular flexibility index (Phi) is 3.77. The molecule has 4 nitrogen and oxygen atoms in total. The maximum absolute atomic E-state index is 9.53. The molecule has 0 unspecified atom stereocenters. The summed E-state index contributed by atoms with van der Waals surface area (Å²) in [5.74, 6) is 1.50. The van der Waals surface area contributed by atoms with Gasteiger partial charge in [0.15, 0.2) is 11.5 Å². The van der Waals surface area contributed by atoms with Crippen LogP contribution in [0.4, 0.5) is 0 Å². The Labute approximate surface area is 125 Å². The molecule has 0 amide bonds. The van der Waals surface area contributed by atoms with Crippen LogP contribution in [0.15, 0.2) is 18.2 Å². The van der Waals surface area contributed by atoms with Crippen molar-refractivity contribution in [3.63, 3.8) is 0 Å². The van der Waals surface area contributed by atoms with Crippen LogP contribution in [0.25, 0.3) is 0 Å². The number of nitriles is 1. The summed E-state index contributed by atoms with van der Waals surface area (Å²) in [4.78, 5) is 0. The van der Waals surface area contributed by atoms with Crippen molar-refractivity contribution in [2.45, 2.75) is 56.1 Å². The zero-order chi connectivity index (χ0) is 14.9. The molecular formula is C17H22N2O2. The lowest BCUT2D eigenvalue weighted by atomic mass is 9.63. The lowest BCUT2D eigenvalue weighted by Crippen LogP contribution is -2.48. The molecule has 0 aromatic heterocycles. The summed E-state index contributed by atoms with van der Waals surface area (Å²) in [5.41, 5.74) is 6.44. The predicted molar refractivity (Wildman–Crippen MR) is 80.4 cm³/mol. The van der Waals surface area contributed by atoms with Gasteiger partial charge in [-0.2, -0.15) is 5.26 Å². The smallest absolute Gasteiger partial charge is 0.161 e. The van der Waals surface area contributed by atoms with Crippen molar-refractivity contribution in [1.29, 1.82) is 5.26 Å². The fourth-order valence-electron chi connectivity index (χ4n) is 3.48. The van der Waals surface area contributed by atoms with Gasteiger partial charge in [0.2, 0.25) is 0 Å². The van der Waals surface area contributed by atoms with Crippen molar-refractivity contribution in [2.75, 3.05) is 7.11 Å². The Hall–Kier alpha value is -1.73. The second-order valence-corrected chi connectivity index (χ2v) is 6.25. The van der Waals surface area contributed by atoms with Gasteiger partial charge in [-0.1, -0.05) is 6.07 Å². The van der Waals surface area contributed by atoms with Crippen LogP contribution in [0, 0.1) is 11.3 Å². The minimum absolute atomic E-state index is 0.131. The first-order valence-corrected chi connectivity index (χ1v) is 7.69. The lowest BCUT2D eigenvalue weighted by molar-refractivity contribution is 0.199. The molecule has 0 spiro atoms. The standard InChI is InChI=1S/C17H22N2O2/c1-20-15-7-6-12(17(11-18)9-13(19)10-17)8-16(15)21-14-4-2-3-5-14/h6-8,13-14H,2-5,9-10,19H2,1H3/t13-,17-. The van der Waals surface area contributed by atoms with Gasteiger partial charge >= 0.3 is 0 Å². The summed E-state index contributed by atoms with van der Waals surface area (Å²) in [5, 5.41) is 9.53. The molecule has 1 aromatic rings. The third-order valence-electron chi connectivity index (χ3n) is 4.75. The van der Waals surface area contributed by atoms with E-state index in [2.05, 4.69) is 6.07 Å². The number of methoxy groups -OCH3 is 1. The summed E-state index contributed by atoms with van der Waals surface area (Å²) in [7, 11) is 1.65. The van der Waals surface area contributed by atoms with E-state index >= 15 is 0 Å². The van der Waals surface area contributed by atoms with Crippen molar-refractivity contribution < 1.29 is 9.47 Å². The van der Waals surface area contributed by atoms with Gasteiger partial charge in [0, 0.05) is 6.04 Å². The van der Waals surface area contributed by atoms with Gasteiger partial charge in [-0.05, 0) is 56.2 Å². The molecular weight excluding hydrogens is 264 g/mol. The molecule has 21 heavy (non-hydrogen) atoms. The fourth-order valence-corrected chi connectivity index (χ4v) is 3.48. The van der Waals surface area contributed by atoms with Gasteiger partial charge < -0.3 is 15.2 Å².